The number of anilines is 3. The Morgan fingerprint density at radius 1 is 0.338 bits per heavy atom. The van der Waals surface area contributed by atoms with Crippen molar-refractivity contribution in [1.29, 1.82) is 0 Å². The normalized spacial score (nSPS) is 12.8. The molecule has 1 aliphatic rings. The fourth-order valence-corrected chi connectivity index (χ4v) is 11.5. The van der Waals surface area contributed by atoms with Gasteiger partial charge in [0.25, 0.3) is 0 Å². The summed E-state index contributed by atoms with van der Waals surface area (Å²) in [5.74, 6) is 0. The third-order valence-corrected chi connectivity index (χ3v) is 14.3. The highest BCUT2D eigenvalue weighted by atomic mass is 16.3. The summed E-state index contributed by atoms with van der Waals surface area (Å²) in [6, 6.07) is 90.1. The van der Waals surface area contributed by atoms with Crippen LogP contribution >= 0.6 is 0 Å². The highest BCUT2D eigenvalue weighted by molar-refractivity contribution is 6.15. The topological polar surface area (TPSA) is 29.5 Å². The van der Waals surface area contributed by atoms with Crippen molar-refractivity contribution in [2.75, 3.05) is 4.90 Å². The first-order valence-corrected chi connectivity index (χ1v) is 23.3. The number of fused-ring (bicyclic) bond motifs is 10. The molecule has 0 radical (unpaired) electrons. The van der Waals surface area contributed by atoms with Crippen molar-refractivity contribution in [3.8, 4) is 33.4 Å². The zero-order valence-electron chi connectivity index (χ0n) is 36.9. The highest BCUT2D eigenvalue weighted by Gasteiger charge is 2.47. The molecule has 0 fully saturated rings. The Balaban J connectivity index is 1.03. The van der Waals surface area contributed by atoms with E-state index in [0.717, 1.165) is 88.6 Å². The Morgan fingerprint density at radius 2 is 0.912 bits per heavy atom. The van der Waals surface area contributed by atoms with Crippen LogP contribution in [0.5, 0.6) is 0 Å². The summed E-state index contributed by atoms with van der Waals surface area (Å²) in [6.45, 7) is 0. The average molecular weight is 868 g/mol. The van der Waals surface area contributed by atoms with Crippen LogP contribution in [0.1, 0.15) is 22.3 Å². The van der Waals surface area contributed by atoms with Crippen LogP contribution in [0.25, 0.3) is 88.0 Å². The molecule has 318 valence electrons. The van der Waals surface area contributed by atoms with Gasteiger partial charge >= 0.3 is 0 Å². The maximum absolute atomic E-state index is 6.94. The van der Waals surface area contributed by atoms with Crippen molar-refractivity contribution < 1.29 is 8.83 Å². The maximum Gasteiger partial charge on any atom is 0.143 e. The molecule has 3 heteroatoms. The van der Waals surface area contributed by atoms with Gasteiger partial charge in [-0.1, -0.05) is 200 Å². The molecule has 0 bridgehead atoms. The SMILES string of the molecule is c1ccc(C2(c3ccccc3)c3ccccc3-c3c(N(c4ccc(-c5cccc6oc7ccccc7c56)cc4)c4ccccc4-c4cccc5c4oc4cc6ccccc6cc45)cccc32)cc1. The van der Waals surface area contributed by atoms with Gasteiger partial charge in [0.15, 0.2) is 0 Å². The third kappa shape index (κ3) is 5.60. The van der Waals surface area contributed by atoms with Gasteiger partial charge in [0.2, 0.25) is 0 Å². The summed E-state index contributed by atoms with van der Waals surface area (Å²) >= 11 is 0. The molecule has 0 aliphatic heterocycles. The van der Waals surface area contributed by atoms with Crippen molar-refractivity contribution in [1.82, 2.24) is 0 Å². The van der Waals surface area contributed by atoms with Crippen LogP contribution in [0.2, 0.25) is 0 Å². The Labute approximate surface area is 393 Å². The molecule has 68 heavy (non-hydrogen) atoms. The minimum atomic E-state index is -0.561. The number of nitrogens with zero attached hydrogens (tertiary/aromatic N) is 1. The smallest absolute Gasteiger partial charge is 0.143 e. The van der Waals surface area contributed by atoms with Gasteiger partial charge in [-0.15, -0.1) is 0 Å². The van der Waals surface area contributed by atoms with E-state index >= 15 is 0 Å². The summed E-state index contributed by atoms with van der Waals surface area (Å²) < 4.78 is 13.3. The fourth-order valence-electron chi connectivity index (χ4n) is 11.5. The van der Waals surface area contributed by atoms with E-state index in [1.54, 1.807) is 0 Å². The van der Waals surface area contributed by atoms with Crippen LogP contribution < -0.4 is 4.90 Å². The van der Waals surface area contributed by atoms with E-state index in [1.165, 1.54) is 38.8 Å². The van der Waals surface area contributed by atoms with E-state index in [-0.39, 0.29) is 0 Å². The van der Waals surface area contributed by atoms with Crippen molar-refractivity contribution in [2.45, 2.75) is 5.41 Å². The molecular formula is C65H41NO2. The first-order chi connectivity index (χ1) is 33.7. The molecule has 11 aromatic carbocycles. The first-order valence-electron chi connectivity index (χ1n) is 23.3. The van der Waals surface area contributed by atoms with Crippen LogP contribution in [-0.2, 0) is 5.41 Å². The summed E-state index contributed by atoms with van der Waals surface area (Å²) in [7, 11) is 0. The second-order valence-electron chi connectivity index (χ2n) is 17.9. The molecule has 14 rings (SSSR count). The lowest BCUT2D eigenvalue weighted by Crippen LogP contribution is -2.28. The number of hydrogen-bond acceptors (Lipinski definition) is 3. The van der Waals surface area contributed by atoms with E-state index in [0.29, 0.717) is 0 Å². The third-order valence-electron chi connectivity index (χ3n) is 14.3. The second kappa shape index (κ2) is 15.1. The zero-order valence-corrected chi connectivity index (χ0v) is 36.9. The zero-order chi connectivity index (χ0) is 44.8. The number of rotatable bonds is 7. The largest absolute Gasteiger partial charge is 0.456 e. The molecule has 13 aromatic rings. The molecule has 0 N–H and O–H groups in total. The van der Waals surface area contributed by atoms with Gasteiger partial charge in [-0.25, -0.2) is 0 Å². The lowest BCUT2D eigenvalue weighted by atomic mass is 9.68. The van der Waals surface area contributed by atoms with Crippen LogP contribution in [0.4, 0.5) is 17.1 Å². The lowest BCUT2D eigenvalue weighted by molar-refractivity contribution is 0.669. The van der Waals surface area contributed by atoms with Crippen molar-refractivity contribution in [3.63, 3.8) is 0 Å². The Kier molecular flexibility index (Phi) is 8.50. The monoisotopic (exact) mass is 867 g/mol. The summed E-state index contributed by atoms with van der Waals surface area (Å²) in [4.78, 5) is 2.48. The molecule has 0 saturated carbocycles. The molecule has 0 amide bonds. The number of hydrogen-bond donors (Lipinski definition) is 0. The Morgan fingerprint density at radius 3 is 1.72 bits per heavy atom. The van der Waals surface area contributed by atoms with Gasteiger partial charge in [-0.2, -0.15) is 0 Å². The van der Waals surface area contributed by atoms with Crippen LogP contribution in [0.3, 0.4) is 0 Å². The van der Waals surface area contributed by atoms with Gasteiger partial charge < -0.3 is 13.7 Å². The molecule has 0 unspecified atom stereocenters. The standard InChI is InChI=1S/C65H41NO2/c1-3-20-45(21-4-1)65(46-22-5-2-6-23-46)55-30-12-9-25-52(55)63-56(65)31-17-33-58(63)66(47-38-36-42(37-39-47)48-27-16-35-60-62(48)53-26-11-14-34-59(53)67-60)57-32-13-10-24-49(57)50-28-15-29-51-54-40-43-18-7-8-19-44(43)41-61(54)68-64(50)51/h1-41H. The van der Waals surface area contributed by atoms with Gasteiger partial charge in [-0.3, -0.25) is 0 Å². The molecule has 0 atom stereocenters. The lowest BCUT2D eigenvalue weighted by Gasteiger charge is -2.34. The summed E-state index contributed by atoms with van der Waals surface area (Å²) in [5.41, 5.74) is 17.9. The number of para-hydroxylation sites is 3. The molecule has 0 spiro atoms. The van der Waals surface area contributed by atoms with Crippen molar-refractivity contribution >= 4 is 71.7 Å². The van der Waals surface area contributed by atoms with E-state index < -0.39 is 5.41 Å². The molecule has 2 heterocycles. The van der Waals surface area contributed by atoms with E-state index in [1.807, 2.05) is 12.1 Å². The van der Waals surface area contributed by atoms with Crippen LogP contribution in [0.15, 0.2) is 258 Å². The Bertz CT molecular complexity index is 4050. The predicted molar refractivity (Wildman–Crippen MR) is 281 cm³/mol. The maximum atomic E-state index is 6.94. The van der Waals surface area contributed by atoms with Crippen LogP contribution in [-0.4, -0.2) is 0 Å². The van der Waals surface area contributed by atoms with Gasteiger partial charge in [0.1, 0.15) is 22.3 Å². The van der Waals surface area contributed by atoms with Gasteiger partial charge in [0, 0.05) is 43.9 Å². The highest BCUT2D eigenvalue weighted by Crippen LogP contribution is 2.60. The van der Waals surface area contributed by atoms with E-state index in [4.69, 9.17) is 8.83 Å². The number of benzene rings is 11. The van der Waals surface area contributed by atoms with Crippen molar-refractivity contribution in [3.05, 3.63) is 271 Å². The minimum Gasteiger partial charge on any atom is -0.456 e. The molecular weight excluding hydrogens is 827 g/mol. The Hall–Kier alpha value is -8.92. The minimum absolute atomic E-state index is 0.561. The average Bonchev–Trinajstić information content (AvgIpc) is 4.07. The molecule has 3 nitrogen and oxygen atoms in total. The van der Waals surface area contributed by atoms with E-state index in [2.05, 4.69) is 241 Å². The summed E-state index contributed by atoms with van der Waals surface area (Å²) in [5, 5.41) is 6.81. The second-order valence-corrected chi connectivity index (χ2v) is 17.9. The quantitative estimate of drug-likeness (QED) is 0.160. The molecule has 1 aliphatic carbocycles. The van der Waals surface area contributed by atoms with Gasteiger partial charge in [0.05, 0.1) is 16.8 Å². The first kappa shape index (κ1) is 38.4. The molecule has 0 saturated heterocycles. The van der Waals surface area contributed by atoms with E-state index in [9.17, 15) is 0 Å². The molecule has 2 aromatic heterocycles. The summed E-state index contributed by atoms with van der Waals surface area (Å²) in [6.07, 6.45) is 0. The predicted octanol–water partition coefficient (Wildman–Crippen LogP) is 17.8. The van der Waals surface area contributed by atoms with Crippen LogP contribution in [0, 0.1) is 0 Å². The fraction of sp³-hybridized carbons (Fsp3) is 0.0154. The van der Waals surface area contributed by atoms with Crippen molar-refractivity contribution in [2.24, 2.45) is 0 Å². The number of furan rings is 2. The van der Waals surface area contributed by atoms with Gasteiger partial charge in [-0.05, 0) is 98.2 Å².